The van der Waals surface area contributed by atoms with Crippen molar-refractivity contribution in [3.8, 4) is 11.4 Å². The Hall–Kier alpha value is -2.97. The number of Topliss-reactive ketones (excluding diaryl/α,β-unsaturated/α-hetero) is 1. The first-order valence-corrected chi connectivity index (χ1v) is 8.86. The van der Waals surface area contributed by atoms with Crippen LogP contribution in [0, 0.1) is 0 Å². The van der Waals surface area contributed by atoms with Gasteiger partial charge >= 0.3 is 6.18 Å². The predicted molar refractivity (Wildman–Crippen MR) is 90.6 cm³/mol. The molecule has 0 fully saturated rings. The van der Waals surface area contributed by atoms with Crippen LogP contribution in [0.15, 0.2) is 33.5 Å². The number of hydrogen-bond acceptors (Lipinski definition) is 6. The normalized spacial score (nSPS) is 16.4. The average molecular weight is 391 g/mol. The Balaban J connectivity index is 1.54. The highest BCUT2D eigenvalue weighted by molar-refractivity contribution is 5.95. The van der Waals surface area contributed by atoms with Crippen LogP contribution in [0.4, 0.5) is 13.2 Å². The number of alkyl halides is 3. The molecule has 9 heteroatoms. The predicted octanol–water partition coefficient (Wildman–Crippen LogP) is 4.61. The standard InChI is InChI=1S/C19H16F3N3O3/c1-2-15-24-18(25-28-15)12-5-6-13-10(7-12)3-4-11(13)8-14(26)16-17(19(20,21)22)23-9-27-16/h5-7,9,11H,2-4,8H2,1H3/t11-/m0/s1. The lowest BCUT2D eigenvalue weighted by atomic mass is 9.93. The molecule has 6 nitrogen and oxygen atoms in total. The van der Waals surface area contributed by atoms with Crippen molar-refractivity contribution in [1.82, 2.24) is 15.1 Å². The van der Waals surface area contributed by atoms with Crippen LogP contribution < -0.4 is 0 Å². The third-order valence-electron chi connectivity index (χ3n) is 4.89. The highest BCUT2D eigenvalue weighted by Crippen LogP contribution is 2.39. The number of aromatic nitrogens is 3. The smallest absolute Gasteiger partial charge is 0.437 e. The lowest BCUT2D eigenvalue weighted by molar-refractivity contribution is -0.141. The van der Waals surface area contributed by atoms with E-state index < -0.39 is 23.4 Å². The maximum absolute atomic E-state index is 12.9. The van der Waals surface area contributed by atoms with Gasteiger partial charge in [0, 0.05) is 18.4 Å². The van der Waals surface area contributed by atoms with E-state index in [1.165, 1.54) is 0 Å². The Bertz CT molecular complexity index is 1020. The van der Waals surface area contributed by atoms with Gasteiger partial charge in [0.05, 0.1) is 0 Å². The Morgan fingerprint density at radius 3 is 2.86 bits per heavy atom. The van der Waals surface area contributed by atoms with Crippen molar-refractivity contribution in [3.63, 3.8) is 0 Å². The van der Waals surface area contributed by atoms with Gasteiger partial charge in [-0.15, -0.1) is 0 Å². The molecular weight excluding hydrogens is 375 g/mol. The minimum absolute atomic E-state index is 0.0627. The van der Waals surface area contributed by atoms with E-state index in [1.54, 1.807) is 0 Å². The first kappa shape index (κ1) is 18.4. The molecule has 4 rings (SSSR count). The van der Waals surface area contributed by atoms with Gasteiger partial charge in [-0.05, 0) is 36.0 Å². The van der Waals surface area contributed by atoms with E-state index in [1.807, 2.05) is 25.1 Å². The molecule has 0 spiro atoms. The van der Waals surface area contributed by atoms with Crippen molar-refractivity contribution in [2.45, 2.75) is 44.7 Å². The fourth-order valence-electron chi connectivity index (χ4n) is 3.53. The molecule has 0 unspecified atom stereocenters. The molecule has 0 amide bonds. The minimum atomic E-state index is -4.72. The molecule has 0 saturated carbocycles. The highest BCUT2D eigenvalue weighted by Gasteiger charge is 2.40. The second kappa shape index (κ2) is 6.88. The molecule has 1 atom stereocenters. The van der Waals surface area contributed by atoms with Crippen molar-refractivity contribution in [2.24, 2.45) is 0 Å². The zero-order chi connectivity index (χ0) is 19.9. The fourth-order valence-corrected chi connectivity index (χ4v) is 3.53. The maximum atomic E-state index is 12.9. The van der Waals surface area contributed by atoms with Crippen LogP contribution in [0.5, 0.6) is 0 Å². The summed E-state index contributed by atoms with van der Waals surface area (Å²) in [7, 11) is 0. The number of halogens is 3. The Morgan fingerprint density at radius 2 is 2.14 bits per heavy atom. The van der Waals surface area contributed by atoms with Gasteiger partial charge in [-0.25, -0.2) is 4.98 Å². The second-order valence-corrected chi connectivity index (χ2v) is 6.67. The summed E-state index contributed by atoms with van der Waals surface area (Å²) in [5.74, 6) is -0.546. The first-order valence-electron chi connectivity index (χ1n) is 8.86. The number of aryl methyl sites for hydroxylation is 2. The van der Waals surface area contributed by atoms with Crippen LogP contribution in [-0.2, 0) is 19.0 Å². The number of rotatable bonds is 5. The van der Waals surface area contributed by atoms with Gasteiger partial charge in [0.1, 0.15) is 0 Å². The Morgan fingerprint density at radius 1 is 1.32 bits per heavy atom. The molecule has 1 aliphatic rings. The van der Waals surface area contributed by atoms with Gasteiger partial charge in [0.15, 0.2) is 12.1 Å². The van der Waals surface area contributed by atoms with Crippen LogP contribution in [0.2, 0.25) is 0 Å². The molecular formula is C19H16F3N3O3. The average Bonchev–Trinajstić information content (AvgIpc) is 3.40. The number of fused-ring (bicyclic) bond motifs is 1. The van der Waals surface area contributed by atoms with Crippen LogP contribution >= 0.6 is 0 Å². The molecule has 3 aromatic rings. The second-order valence-electron chi connectivity index (χ2n) is 6.67. The summed E-state index contributed by atoms with van der Waals surface area (Å²) in [6.07, 6.45) is -2.09. The van der Waals surface area contributed by atoms with Gasteiger partial charge in [0.25, 0.3) is 0 Å². The molecule has 0 radical (unpaired) electrons. The number of hydrogen-bond donors (Lipinski definition) is 0. The van der Waals surface area contributed by atoms with E-state index in [9.17, 15) is 18.0 Å². The summed E-state index contributed by atoms with van der Waals surface area (Å²) in [5.41, 5.74) is 1.52. The summed E-state index contributed by atoms with van der Waals surface area (Å²) in [5, 5.41) is 3.95. The molecule has 1 aliphatic carbocycles. The molecule has 146 valence electrons. The van der Waals surface area contributed by atoms with Crippen molar-refractivity contribution >= 4 is 5.78 Å². The molecule has 0 aliphatic heterocycles. The van der Waals surface area contributed by atoms with E-state index in [4.69, 9.17) is 8.94 Å². The summed E-state index contributed by atoms with van der Waals surface area (Å²) >= 11 is 0. The van der Waals surface area contributed by atoms with Crippen LogP contribution in [0.25, 0.3) is 11.4 Å². The van der Waals surface area contributed by atoms with Crippen molar-refractivity contribution in [3.05, 3.63) is 53.1 Å². The van der Waals surface area contributed by atoms with Gasteiger partial charge in [0.2, 0.25) is 23.3 Å². The number of carbonyl (C=O) groups is 1. The number of nitrogens with zero attached hydrogens (tertiary/aromatic N) is 3. The molecule has 28 heavy (non-hydrogen) atoms. The lowest BCUT2D eigenvalue weighted by Crippen LogP contribution is -2.13. The van der Waals surface area contributed by atoms with E-state index in [2.05, 4.69) is 15.1 Å². The number of ketones is 1. The van der Waals surface area contributed by atoms with E-state index in [0.29, 0.717) is 31.0 Å². The highest BCUT2D eigenvalue weighted by atomic mass is 19.4. The van der Waals surface area contributed by atoms with Gasteiger partial charge < -0.3 is 8.94 Å². The molecule has 0 N–H and O–H groups in total. The van der Waals surface area contributed by atoms with Crippen molar-refractivity contribution < 1.29 is 26.9 Å². The van der Waals surface area contributed by atoms with E-state index in [-0.39, 0.29) is 12.3 Å². The summed E-state index contributed by atoms with van der Waals surface area (Å²) in [4.78, 5) is 19.8. The zero-order valence-corrected chi connectivity index (χ0v) is 14.9. The Kier molecular flexibility index (Phi) is 4.52. The topological polar surface area (TPSA) is 82.0 Å². The maximum Gasteiger partial charge on any atom is 0.437 e. The number of benzene rings is 1. The van der Waals surface area contributed by atoms with E-state index >= 15 is 0 Å². The van der Waals surface area contributed by atoms with Crippen molar-refractivity contribution in [1.29, 1.82) is 0 Å². The molecule has 0 bridgehead atoms. The van der Waals surface area contributed by atoms with E-state index in [0.717, 1.165) is 23.1 Å². The van der Waals surface area contributed by atoms with Crippen molar-refractivity contribution in [2.75, 3.05) is 0 Å². The van der Waals surface area contributed by atoms with Gasteiger partial charge in [-0.2, -0.15) is 18.2 Å². The fraction of sp³-hybridized carbons (Fsp3) is 0.368. The quantitative estimate of drug-likeness (QED) is 0.591. The SMILES string of the molecule is CCc1nc(-c2ccc3c(c2)CC[C@H]3CC(=O)c2ocnc2C(F)(F)F)no1. The third kappa shape index (κ3) is 3.32. The van der Waals surface area contributed by atoms with Crippen LogP contribution in [-0.4, -0.2) is 20.9 Å². The Labute approximate surface area is 157 Å². The van der Waals surface area contributed by atoms with Crippen LogP contribution in [0.1, 0.15) is 58.9 Å². The lowest BCUT2D eigenvalue weighted by Gasteiger charge is -2.11. The molecule has 2 heterocycles. The molecule has 2 aromatic heterocycles. The number of carbonyl (C=O) groups excluding carboxylic acids is 1. The third-order valence-corrected chi connectivity index (χ3v) is 4.89. The molecule has 1 aromatic carbocycles. The van der Waals surface area contributed by atoms with Crippen LogP contribution in [0.3, 0.4) is 0 Å². The number of oxazole rings is 1. The zero-order valence-electron chi connectivity index (χ0n) is 14.9. The molecule has 0 saturated heterocycles. The summed E-state index contributed by atoms with van der Waals surface area (Å²) < 4.78 is 48.7. The summed E-state index contributed by atoms with van der Waals surface area (Å²) in [6.45, 7) is 1.92. The van der Waals surface area contributed by atoms with Gasteiger partial charge in [-0.1, -0.05) is 24.2 Å². The van der Waals surface area contributed by atoms with Gasteiger partial charge in [-0.3, -0.25) is 4.79 Å². The largest absolute Gasteiger partial charge is 0.440 e. The summed E-state index contributed by atoms with van der Waals surface area (Å²) in [6, 6.07) is 5.66. The monoisotopic (exact) mass is 391 g/mol. The minimum Gasteiger partial charge on any atom is -0.440 e. The first-order chi connectivity index (χ1) is 13.4.